The van der Waals surface area contributed by atoms with E-state index in [1.165, 1.54) is 0 Å². The molecule has 2 unspecified atom stereocenters. The molecule has 1 aromatic rings. The number of carbonyl (C=O) groups excluding carboxylic acids is 3. The fourth-order valence-corrected chi connectivity index (χ4v) is 3.86. The van der Waals surface area contributed by atoms with Crippen molar-refractivity contribution in [3.63, 3.8) is 0 Å². The van der Waals surface area contributed by atoms with E-state index < -0.39 is 23.8 Å². The van der Waals surface area contributed by atoms with E-state index in [0.717, 1.165) is 29.5 Å². The molecule has 0 spiro atoms. The summed E-state index contributed by atoms with van der Waals surface area (Å²) in [5, 5.41) is 5.79. The Morgan fingerprint density at radius 1 is 1.03 bits per heavy atom. The topological polar surface area (TPSA) is 87.7 Å². The first kappa shape index (κ1) is 30.5. The molecule has 0 heterocycles. The van der Waals surface area contributed by atoms with Crippen molar-refractivity contribution in [2.24, 2.45) is 5.92 Å². The maximum absolute atomic E-state index is 14.0. The number of carbonyl (C=O) groups is 3. The van der Waals surface area contributed by atoms with Crippen molar-refractivity contribution in [3.8, 4) is 0 Å². The molecule has 0 fully saturated rings. The summed E-state index contributed by atoms with van der Waals surface area (Å²) in [6.07, 6.45) is 1.60. The fourth-order valence-electron chi connectivity index (χ4n) is 3.86. The molecular weight excluding hydrogens is 442 g/mol. The molecule has 0 saturated heterocycles. The third kappa shape index (κ3) is 9.90. The Labute approximate surface area is 212 Å². The Morgan fingerprint density at radius 2 is 1.66 bits per heavy atom. The molecule has 0 aliphatic rings. The van der Waals surface area contributed by atoms with Crippen LogP contribution in [0.5, 0.6) is 0 Å². The lowest BCUT2D eigenvalue weighted by Crippen LogP contribution is -2.55. The SMILES string of the molecule is CCCCNC(=O)C(c1ccc(C)c(C)c1)N(C(=O)C(CC(C)C)NC(=O)OC(C)(C)C)C(C)C. The van der Waals surface area contributed by atoms with Gasteiger partial charge in [-0.15, -0.1) is 0 Å². The zero-order chi connectivity index (χ0) is 26.9. The summed E-state index contributed by atoms with van der Waals surface area (Å²) in [5.41, 5.74) is 2.24. The minimum absolute atomic E-state index is 0.145. The van der Waals surface area contributed by atoms with E-state index in [1.807, 2.05) is 59.7 Å². The molecule has 35 heavy (non-hydrogen) atoms. The van der Waals surface area contributed by atoms with E-state index in [9.17, 15) is 14.4 Å². The van der Waals surface area contributed by atoms with E-state index in [0.29, 0.717) is 13.0 Å². The molecule has 1 aromatic carbocycles. The number of hydrogen-bond donors (Lipinski definition) is 2. The molecule has 7 heteroatoms. The summed E-state index contributed by atoms with van der Waals surface area (Å²) in [7, 11) is 0. The first-order chi connectivity index (χ1) is 16.2. The second-order valence-electron chi connectivity index (χ2n) is 11.1. The number of hydrogen-bond acceptors (Lipinski definition) is 4. The minimum atomic E-state index is -0.815. The molecule has 0 radical (unpaired) electrons. The second-order valence-corrected chi connectivity index (χ2v) is 11.1. The van der Waals surface area contributed by atoms with E-state index in [4.69, 9.17) is 4.74 Å². The van der Waals surface area contributed by atoms with Crippen LogP contribution >= 0.6 is 0 Å². The molecular formula is C28H47N3O4. The van der Waals surface area contributed by atoms with Gasteiger partial charge in [0, 0.05) is 12.6 Å². The van der Waals surface area contributed by atoms with Gasteiger partial charge in [-0.2, -0.15) is 0 Å². The Morgan fingerprint density at radius 3 is 2.14 bits per heavy atom. The zero-order valence-corrected chi connectivity index (χ0v) is 23.5. The number of alkyl carbamates (subject to hydrolysis) is 1. The molecule has 0 saturated carbocycles. The van der Waals surface area contributed by atoms with Gasteiger partial charge in [0.25, 0.3) is 0 Å². The number of aryl methyl sites for hydroxylation is 2. The Hall–Kier alpha value is -2.57. The third-order valence-corrected chi connectivity index (χ3v) is 5.71. The van der Waals surface area contributed by atoms with Gasteiger partial charge in [0.2, 0.25) is 11.8 Å². The lowest BCUT2D eigenvalue weighted by molar-refractivity contribution is -0.144. The van der Waals surface area contributed by atoms with E-state index in [-0.39, 0.29) is 23.8 Å². The van der Waals surface area contributed by atoms with Gasteiger partial charge in [-0.1, -0.05) is 45.4 Å². The summed E-state index contributed by atoms with van der Waals surface area (Å²) in [6.45, 7) is 19.7. The zero-order valence-electron chi connectivity index (χ0n) is 23.5. The van der Waals surface area contributed by atoms with Crippen molar-refractivity contribution in [3.05, 3.63) is 34.9 Å². The molecule has 3 amide bonds. The van der Waals surface area contributed by atoms with Crippen molar-refractivity contribution in [1.29, 1.82) is 0 Å². The van der Waals surface area contributed by atoms with Gasteiger partial charge >= 0.3 is 6.09 Å². The molecule has 198 valence electrons. The fraction of sp³-hybridized carbons (Fsp3) is 0.679. The van der Waals surface area contributed by atoms with Gasteiger partial charge < -0.3 is 20.3 Å². The smallest absolute Gasteiger partial charge is 0.408 e. The van der Waals surface area contributed by atoms with Crippen LogP contribution in [0.4, 0.5) is 4.79 Å². The van der Waals surface area contributed by atoms with Crippen LogP contribution in [0.1, 0.15) is 97.4 Å². The van der Waals surface area contributed by atoms with Crippen LogP contribution in [-0.2, 0) is 14.3 Å². The maximum Gasteiger partial charge on any atom is 0.408 e. The van der Waals surface area contributed by atoms with Crippen LogP contribution in [0.3, 0.4) is 0 Å². The molecule has 1 rings (SSSR count). The third-order valence-electron chi connectivity index (χ3n) is 5.71. The molecule has 0 aromatic heterocycles. The predicted molar refractivity (Wildman–Crippen MR) is 141 cm³/mol. The lowest BCUT2D eigenvalue weighted by atomic mass is 9.96. The molecule has 2 atom stereocenters. The normalized spacial score (nSPS) is 13.4. The lowest BCUT2D eigenvalue weighted by Gasteiger charge is -2.37. The average molecular weight is 490 g/mol. The Kier molecular flexibility index (Phi) is 11.7. The quantitative estimate of drug-likeness (QED) is 0.405. The van der Waals surface area contributed by atoms with Gasteiger partial charge in [0.1, 0.15) is 17.7 Å². The van der Waals surface area contributed by atoms with Crippen LogP contribution in [-0.4, -0.2) is 47.0 Å². The number of benzene rings is 1. The molecule has 2 N–H and O–H groups in total. The molecule has 0 bridgehead atoms. The average Bonchev–Trinajstić information content (AvgIpc) is 2.71. The second kappa shape index (κ2) is 13.5. The summed E-state index contributed by atoms with van der Waals surface area (Å²) in [4.78, 5) is 41.7. The summed E-state index contributed by atoms with van der Waals surface area (Å²) >= 11 is 0. The number of unbranched alkanes of at least 4 members (excludes halogenated alkanes) is 1. The van der Waals surface area contributed by atoms with Gasteiger partial charge in [-0.05, 0) is 83.9 Å². The van der Waals surface area contributed by atoms with Crippen molar-refractivity contribution in [2.45, 2.75) is 112 Å². The van der Waals surface area contributed by atoms with Crippen LogP contribution in [0.25, 0.3) is 0 Å². The predicted octanol–water partition coefficient (Wildman–Crippen LogP) is 5.44. The van der Waals surface area contributed by atoms with E-state index in [2.05, 4.69) is 17.6 Å². The van der Waals surface area contributed by atoms with Gasteiger partial charge in [-0.3, -0.25) is 9.59 Å². The van der Waals surface area contributed by atoms with Crippen LogP contribution in [0, 0.1) is 19.8 Å². The Balaban J connectivity index is 3.45. The first-order valence-electron chi connectivity index (χ1n) is 12.8. The highest BCUT2D eigenvalue weighted by Crippen LogP contribution is 2.27. The van der Waals surface area contributed by atoms with E-state index in [1.54, 1.807) is 25.7 Å². The molecule has 0 aliphatic carbocycles. The largest absolute Gasteiger partial charge is 0.444 e. The van der Waals surface area contributed by atoms with Crippen molar-refractivity contribution >= 4 is 17.9 Å². The minimum Gasteiger partial charge on any atom is -0.444 e. The number of nitrogens with zero attached hydrogens (tertiary/aromatic N) is 1. The van der Waals surface area contributed by atoms with Crippen LogP contribution in [0.2, 0.25) is 0 Å². The highest BCUT2D eigenvalue weighted by Gasteiger charge is 2.38. The monoisotopic (exact) mass is 489 g/mol. The van der Waals surface area contributed by atoms with Gasteiger partial charge in [0.15, 0.2) is 0 Å². The maximum atomic E-state index is 14.0. The van der Waals surface area contributed by atoms with Gasteiger partial charge in [0.05, 0.1) is 0 Å². The van der Waals surface area contributed by atoms with Crippen LogP contribution < -0.4 is 10.6 Å². The number of nitrogens with one attached hydrogen (secondary N) is 2. The van der Waals surface area contributed by atoms with Crippen LogP contribution in [0.15, 0.2) is 18.2 Å². The number of ether oxygens (including phenoxy) is 1. The Bertz CT molecular complexity index is 858. The molecule has 7 nitrogen and oxygen atoms in total. The number of amides is 3. The van der Waals surface area contributed by atoms with E-state index >= 15 is 0 Å². The summed E-state index contributed by atoms with van der Waals surface area (Å²) in [5.74, 6) is -0.371. The standard InChI is InChI=1S/C28H47N3O4/c1-11-12-15-29-25(32)24(22-14-13-20(6)21(7)17-22)31(19(4)5)26(33)23(16-18(2)3)30-27(34)35-28(8,9)10/h13-14,17-19,23-24H,11-12,15-16H2,1-10H3,(H,29,32)(H,30,34). The first-order valence-corrected chi connectivity index (χ1v) is 12.8. The highest BCUT2D eigenvalue weighted by atomic mass is 16.6. The number of rotatable bonds is 11. The van der Waals surface area contributed by atoms with Crippen molar-refractivity contribution in [2.75, 3.05) is 6.54 Å². The van der Waals surface area contributed by atoms with Crippen molar-refractivity contribution in [1.82, 2.24) is 15.5 Å². The van der Waals surface area contributed by atoms with Gasteiger partial charge in [-0.25, -0.2) is 4.79 Å². The summed E-state index contributed by atoms with van der Waals surface area (Å²) in [6, 6.07) is 3.96. The van der Waals surface area contributed by atoms with Crippen molar-refractivity contribution < 1.29 is 19.1 Å². The highest BCUT2D eigenvalue weighted by molar-refractivity contribution is 5.92. The summed E-state index contributed by atoms with van der Waals surface area (Å²) < 4.78 is 5.43. The molecule has 0 aliphatic heterocycles.